The second-order valence-electron chi connectivity index (χ2n) is 6.01. The van der Waals surface area contributed by atoms with Gasteiger partial charge < -0.3 is 4.90 Å². The SMILES string of the molecule is CN(Cc1ccc(F)cc1)C(=O)Cn1cnc2cc([N+](=O)[O-])ccc2c1=O. The number of rotatable bonds is 5. The summed E-state index contributed by atoms with van der Waals surface area (Å²) in [6.07, 6.45) is 1.19. The van der Waals surface area contributed by atoms with Gasteiger partial charge >= 0.3 is 0 Å². The van der Waals surface area contributed by atoms with Crippen molar-refractivity contribution in [2.45, 2.75) is 13.1 Å². The molecule has 138 valence electrons. The molecular formula is C18H15FN4O4. The molecule has 0 aliphatic heterocycles. The fraction of sp³-hybridized carbons (Fsp3) is 0.167. The molecule has 0 saturated heterocycles. The summed E-state index contributed by atoms with van der Waals surface area (Å²) >= 11 is 0. The zero-order chi connectivity index (χ0) is 19.6. The second-order valence-corrected chi connectivity index (χ2v) is 6.01. The van der Waals surface area contributed by atoms with Crippen LogP contribution in [0.4, 0.5) is 10.1 Å². The summed E-state index contributed by atoms with van der Waals surface area (Å²) in [7, 11) is 1.58. The first-order valence-electron chi connectivity index (χ1n) is 7.97. The van der Waals surface area contributed by atoms with Crippen LogP contribution in [0.2, 0.25) is 0 Å². The highest BCUT2D eigenvalue weighted by Crippen LogP contribution is 2.16. The number of nitro groups is 1. The number of halogens is 1. The van der Waals surface area contributed by atoms with E-state index in [0.717, 1.165) is 10.1 Å². The predicted octanol–water partition coefficient (Wildman–Crippen LogP) is 2.10. The highest BCUT2D eigenvalue weighted by molar-refractivity contribution is 5.80. The molecule has 0 bridgehead atoms. The van der Waals surface area contributed by atoms with Gasteiger partial charge in [0, 0.05) is 25.7 Å². The first-order valence-corrected chi connectivity index (χ1v) is 7.97. The molecule has 0 saturated carbocycles. The van der Waals surface area contributed by atoms with E-state index >= 15 is 0 Å². The summed E-state index contributed by atoms with van der Waals surface area (Å²) in [6, 6.07) is 9.54. The Morgan fingerprint density at radius 3 is 2.63 bits per heavy atom. The third-order valence-electron chi connectivity index (χ3n) is 4.08. The van der Waals surface area contributed by atoms with Gasteiger partial charge in [0.2, 0.25) is 5.91 Å². The smallest absolute Gasteiger partial charge is 0.271 e. The number of carbonyl (C=O) groups is 1. The van der Waals surface area contributed by atoms with Crippen LogP contribution in [0.1, 0.15) is 5.56 Å². The van der Waals surface area contributed by atoms with Gasteiger partial charge in [0.25, 0.3) is 11.2 Å². The van der Waals surface area contributed by atoms with Crippen LogP contribution in [0.15, 0.2) is 53.6 Å². The average molecular weight is 370 g/mol. The molecule has 1 heterocycles. The molecule has 27 heavy (non-hydrogen) atoms. The highest BCUT2D eigenvalue weighted by Gasteiger charge is 2.14. The van der Waals surface area contributed by atoms with Gasteiger partial charge in [-0.1, -0.05) is 12.1 Å². The Kier molecular flexibility index (Phi) is 4.93. The summed E-state index contributed by atoms with van der Waals surface area (Å²) in [5, 5.41) is 11.0. The van der Waals surface area contributed by atoms with Crippen molar-refractivity contribution >= 4 is 22.5 Å². The summed E-state index contributed by atoms with van der Waals surface area (Å²) in [5.41, 5.74) is 0.321. The minimum absolute atomic E-state index is 0.165. The maximum absolute atomic E-state index is 12.9. The van der Waals surface area contributed by atoms with Crippen LogP contribution >= 0.6 is 0 Å². The van der Waals surface area contributed by atoms with Crippen molar-refractivity contribution < 1.29 is 14.1 Å². The van der Waals surface area contributed by atoms with E-state index in [1.165, 1.54) is 41.6 Å². The molecule has 0 atom stereocenters. The average Bonchev–Trinajstić information content (AvgIpc) is 2.65. The monoisotopic (exact) mass is 370 g/mol. The fourth-order valence-corrected chi connectivity index (χ4v) is 2.59. The van der Waals surface area contributed by atoms with Crippen molar-refractivity contribution in [1.82, 2.24) is 14.5 Å². The lowest BCUT2D eigenvalue weighted by Gasteiger charge is -2.18. The maximum atomic E-state index is 12.9. The van der Waals surface area contributed by atoms with E-state index in [2.05, 4.69) is 4.98 Å². The van der Waals surface area contributed by atoms with E-state index in [0.29, 0.717) is 0 Å². The topological polar surface area (TPSA) is 98.3 Å². The van der Waals surface area contributed by atoms with E-state index in [9.17, 15) is 24.1 Å². The van der Waals surface area contributed by atoms with Crippen molar-refractivity contribution in [3.8, 4) is 0 Å². The first-order chi connectivity index (χ1) is 12.8. The molecule has 0 aliphatic rings. The minimum atomic E-state index is -0.569. The standard InChI is InChI=1S/C18H15FN4O4/c1-21(9-12-2-4-13(19)5-3-12)17(24)10-22-11-20-16-8-14(23(26)27)6-7-15(16)18(22)25/h2-8,11H,9-10H2,1H3. The van der Waals surface area contributed by atoms with Gasteiger partial charge in [-0.15, -0.1) is 0 Å². The summed E-state index contributed by atoms with van der Waals surface area (Å²) < 4.78 is 14.1. The Hall–Kier alpha value is -3.62. The molecule has 3 rings (SSSR count). The molecule has 0 aliphatic carbocycles. The molecular weight excluding hydrogens is 355 g/mol. The van der Waals surface area contributed by atoms with Crippen molar-refractivity contribution in [3.05, 3.63) is 80.6 Å². The third-order valence-corrected chi connectivity index (χ3v) is 4.08. The van der Waals surface area contributed by atoms with Crippen molar-refractivity contribution in [2.24, 2.45) is 0 Å². The molecule has 1 aromatic heterocycles. The van der Waals surface area contributed by atoms with Gasteiger partial charge in [-0.05, 0) is 23.8 Å². The lowest BCUT2D eigenvalue weighted by molar-refractivity contribution is -0.384. The third kappa shape index (κ3) is 3.97. The Bertz CT molecular complexity index is 1080. The largest absolute Gasteiger partial charge is 0.340 e. The number of benzene rings is 2. The van der Waals surface area contributed by atoms with E-state index in [1.54, 1.807) is 19.2 Å². The van der Waals surface area contributed by atoms with Crippen LogP contribution < -0.4 is 5.56 Å². The predicted molar refractivity (Wildman–Crippen MR) is 95.5 cm³/mol. The Morgan fingerprint density at radius 2 is 1.96 bits per heavy atom. The van der Waals surface area contributed by atoms with Crippen LogP contribution in [0.25, 0.3) is 10.9 Å². The van der Waals surface area contributed by atoms with E-state index < -0.39 is 10.5 Å². The number of nitrogens with zero attached hydrogens (tertiary/aromatic N) is 4. The molecule has 0 radical (unpaired) electrons. The van der Waals surface area contributed by atoms with Crippen molar-refractivity contribution in [2.75, 3.05) is 7.05 Å². The number of hydrogen-bond acceptors (Lipinski definition) is 5. The molecule has 0 unspecified atom stereocenters. The number of non-ortho nitro benzene ring substituents is 1. The van der Waals surface area contributed by atoms with Gasteiger partial charge in [0.1, 0.15) is 12.4 Å². The molecule has 1 amide bonds. The van der Waals surface area contributed by atoms with Gasteiger partial charge in [-0.25, -0.2) is 9.37 Å². The molecule has 0 fully saturated rings. The van der Waals surface area contributed by atoms with Crippen molar-refractivity contribution in [1.29, 1.82) is 0 Å². The zero-order valence-corrected chi connectivity index (χ0v) is 14.3. The Morgan fingerprint density at radius 1 is 1.26 bits per heavy atom. The maximum Gasteiger partial charge on any atom is 0.271 e. The fourth-order valence-electron chi connectivity index (χ4n) is 2.59. The van der Waals surface area contributed by atoms with Crippen LogP contribution in [0.3, 0.4) is 0 Å². The molecule has 8 nitrogen and oxygen atoms in total. The lowest BCUT2D eigenvalue weighted by atomic mass is 10.2. The first kappa shape index (κ1) is 18.2. The molecule has 9 heteroatoms. The van der Waals surface area contributed by atoms with E-state index in [1.807, 2.05) is 0 Å². The number of fused-ring (bicyclic) bond motifs is 1. The number of likely N-dealkylation sites (N-methyl/N-ethyl adjacent to an activating group) is 1. The van der Waals surface area contributed by atoms with Crippen molar-refractivity contribution in [3.63, 3.8) is 0 Å². The highest BCUT2D eigenvalue weighted by atomic mass is 19.1. The number of amides is 1. The van der Waals surface area contributed by atoms with Crippen LogP contribution in [0.5, 0.6) is 0 Å². The summed E-state index contributed by atoms with van der Waals surface area (Å²) in [4.78, 5) is 40.6. The Balaban J connectivity index is 1.79. The normalized spacial score (nSPS) is 10.7. The quantitative estimate of drug-likeness (QED) is 0.506. The van der Waals surface area contributed by atoms with Gasteiger partial charge in [-0.2, -0.15) is 0 Å². The van der Waals surface area contributed by atoms with Gasteiger partial charge in [-0.3, -0.25) is 24.3 Å². The minimum Gasteiger partial charge on any atom is -0.340 e. The van der Waals surface area contributed by atoms with Gasteiger partial charge in [0.15, 0.2) is 0 Å². The van der Waals surface area contributed by atoms with E-state index in [-0.39, 0.29) is 41.4 Å². The zero-order valence-electron chi connectivity index (χ0n) is 14.3. The number of carbonyl (C=O) groups excluding carboxylic acids is 1. The van der Waals surface area contributed by atoms with Gasteiger partial charge in [0.05, 0.1) is 22.2 Å². The molecule has 0 spiro atoms. The summed E-state index contributed by atoms with van der Waals surface area (Å²) in [5.74, 6) is -0.689. The molecule has 0 N–H and O–H groups in total. The Labute approximate surface area is 152 Å². The lowest BCUT2D eigenvalue weighted by Crippen LogP contribution is -2.33. The molecule has 2 aromatic carbocycles. The van der Waals surface area contributed by atoms with E-state index in [4.69, 9.17) is 0 Å². The number of nitro benzene ring substituents is 1. The van der Waals surface area contributed by atoms with Crippen LogP contribution in [-0.4, -0.2) is 32.3 Å². The number of aromatic nitrogens is 2. The number of hydrogen-bond donors (Lipinski definition) is 0. The summed E-state index contributed by atoms with van der Waals surface area (Å²) in [6.45, 7) is 0.0392. The second kappa shape index (κ2) is 7.32. The molecule has 3 aromatic rings. The van der Waals surface area contributed by atoms with Crippen LogP contribution in [-0.2, 0) is 17.9 Å². The van der Waals surface area contributed by atoms with Crippen LogP contribution in [0, 0.1) is 15.9 Å².